The summed E-state index contributed by atoms with van der Waals surface area (Å²) in [5, 5.41) is 20.2. The second-order valence-electron chi connectivity index (χ2n) is 4.94. The third-order valence-electron chi connectivity index (χ3n) is 3.56. The molecule has 7 nitrogen and oxygen atoms in total. The summed E-state index contributed by atoms with van der Waals surface area (Å²) in [6.07, 6.45) is -1.43. The van der Waals surface area contributed by atoms with Gasteiger partial charge in [0.15, 0.2) is 5.65 Å². The average Bonchev–Trinajstić information content (AvgIpc) is 2.90. The van der Waals surface area contributed by atoms with Crippen molar-refractivity contribution in [2.24, 2.45) is 5.92 Å². The minimum atomic E-state index is -2.77. The van der Waals surface area contributed by atoms with E-state index in [1.54, 1.807) is 17.0 Å². The monoisotopic (exact) mass is 297 g/mol. The number of carbonyl (C=O) groups is 1. The number of anilines is 1. The molecule has 1 N–H and O–H groups in total. The summed E-state index contributed by atoms with van der Waals surface area (Å²) in [6, 6.07) is 3.19. The first kappa shape index (κ1) is 13.7. The van der Waals surface area contributed by atoms with Gasteiger partial charge in [0.1, 0.15) is 5.82 Å². The molecule has 1 aliphatic heterocycles. The van der Waals surface area contributed by atoms with Crippen molar-refractivity contribution in [3.8, 4) is 0 Å². The van der Waals surface area contributed by atoms with E-state index in [4.69, 9.17) is 5.11 Å². The Hall–Kier alpha value is -2.32. The van der Waals surface area contributed by atoms with E-state index in [-0.39, 0.29) is 5.65 Å². The van der Waals surface area contributed by atoms with Crippen LogP contribution in [0.4, 0.5) is 14.6 Å². The van der Waals surface area contributed by atoms with E-state index in [9.17, 15) is 13.6 Å². The lowest BCUT2D eigenvalue weighted by Gasteiger charge is -2.31. The first-order chi connectivity index (χ1) is 10.1. The molecule has 112 valence electrons. The lowest BCUT2D eigenvalue weighted by molar-refractivity contribution is -0.141. The first-order valence-electron chi connectivity index (χ1n) is 6.54. The number of hydrogen-bond donors (Lipinski definition) is 1. The van der Waals surface area contributed by atoms with E-state index >= 15 is 0 Å². The second kappa shape index (κ2) is 5.23. The molecule has 1 unspecified atom stereocenters. The Bertz CT molecular complexity index is 675. The highest BCUT2D eigenvalue weighted by Gasteiger charge is 2.27. The summed E-state index contributed by atoms with van der Waals surface area (Å²) in [5.41, 5.74) is 0.237. The molecular formula is C12H13F2N5O2. The Morgan fingerprint density at radius 3 is 2.90 bits per heavy atom. The number of rotatable bonds is 3. The van der Waals surface area contributed by atoms with Gasteiger partial charge in [-0.15, -0.1) is 15.3 Å². The molecule has 0 spiro atoms. The van der Waals surface area contributed by atoms with Crippen molar-refractivity contribution in [3.05, 3.63) is 18.0 Å². The maximum atomic E-state index is 12.8. The van der Waals surface area contributed by atoms with Crippen molar-refractivity contribution in [3.63, 3.8) is 0 Å². The van der Waals surface area contributed by atoms with Crippen LogP contribution in [0.3, 0.4) is 0 Å². The molecule has 2 aromatic heterocycles. The smallest absolute Gasteiger partial charge is 0.308 e. The third kappa shape index (κ3) is 2.50. The van der Waals surface area contributed by atoms with Gasteiger partial charge < -0.3 is 10.0 Å². The van der Waals surface area contributed by atoms with Crippen LogP contribution in [0, 0.1) is 5.92 Å². The number of aliphatic carboxylic acids is 1. The number of fused-ring (bicyclic) bond motifs is 1. The van der Waals surface area contributed by atoms with Gasteiger partial charge in [-0.2, -0.15) is 4.52 Å². The van der Waals surface area contributed by atoms with E-state index in [0.29, 0.717) is 25.3 Å². The summed E-state index contributed by atoms with van der Waals surface area (Å²) in [6.45, 7) is 0.967. The third-order valence-corrected chi connectivity index (χ3v) is 3.56. The van der Waals surface area contributed by atoms with Crippen LogP contribution in [-0.4, -0.2) is 44.0 Å². The molecule has 3 rings (SSSR count). The van der Waals surface area contributed by atoms with Gasteiger partial charge in [0, 0.05) is 13.1 Å². The summed E-state index contributed by atoms with van der Waals surface area (Å²) in [4.78, 5) is 12.9. The molecule has 0 saturated carbocycles. The van der Waals surface area contributed by atoms with Crippen LogP contribution >= 0.6 is 0 Å². The molecule has 0 aliphatic carbocycles. The van der Waals surface area contributed by atoms with Crippen molar-refractivity contribution in [2.75, 3.05) is 18.0 Å². The summed E-state index contributed by atoms with van der Waals surface area (Å²) >= 11 is 0. The zero-order valence-electron chi connectivity index (χ0n) is 11.0. The Morgan fingerprint density at radius 1 is 1.38 bits per heavy atom. The number of nitrogens with zero attached hydrogens (tertiary/aromatic N) is 5. The van der Waals surface area contributed by atoms with Gasteiger partial charge in [0.05, 0.1) is 5.92 Å². The van der Waals surface area contributed by atoms with E-state index in [1.165, 1.54) is 0 Å². The molecule has 1 aliphatic rings. The van der Waals surface area contributed by atoms with E-state index in [2.05, 4.69) is 15.3 Å². The number of aromatic nitrogens is 4. The van der Waals surface area contributed by atoms with Crippen LogP contribution in [0.5, 0.6) is 0 Å². The topological polar surface area (TPSA) is 83.6 Å². The van der Waals surface area contributed by atoms with Gasteiger partial charge >= 0.3 is 5.97 Å². The lowest BCUT2D eigenvalue weighted by atomic mass is 9.98. The Morgan fingerprint density at radius 2 is 2.19 bits per heavy atom. The normalized spacial score (nSPS) is 19.4. The Kier molecular flexibility index (Phi) is 3.40. The molecule has 0 amide bonds. The average molecular weight is 297 g/mol. The summed E-state index contributed by atoms with van der Waals surface area (Å²) in [5.74, 6) is -1.38. The number of carboxylic acids is 1. The number of halogens is 2. The minimum absolute atomic E-state index is 0.237. The lowest BCUT2D eigenvalue weighted by Crippen LogP contribution is -2.39. The summed E-state index contributed by atoms with van der Waals surface area (Å²) < 4.78 is 26.6. The number of hydrogen-bond acceptors (Lipinski definition) is 5. The number of piperidine rings is 1. The van der Waals surface area contributed by atoms with Crippen molar-refractivity contribution < 1.29 is 18.7 Å². The van der Waals surface area contributed by atoms with E-state index in [1.807, 2.05) is 0 Å². The van der Waals surface area contributed by atoms with Crippen LogP contribution < -0.4 is 4.90 Å². The van der Waals surface area contributed by atoms with Gasteiger partial charge in [0.2, 0.25) is 5.82 Å². The SMILES string of the molecule is O=C(O)C1CCCN(c2ccc3nnc(C(F)F)n3n2)C1. The van der Waals surface area contributed by atoms with Crippen LogP contribution in [0.15, 0.2) is 12.1 Å². The molecule has 0 aromatic carbocycles. The highest BCUT2D eigenvalue weighted by molar-refractivity contribution is 5.71. The van der Waals surface area contributed by atoms with Crippen LogP contribution in [0.2, 0.25) is 0 Å². The molecule has 0 radical (unpaired) electrons. The maximum absolute atomic E-state index is 12.8. The zero-order chi connectivity index (χ0) is 15.0. The molecule has 1 atom stereocenters. The van der Waals surface area contributed by atoms with E-state index in [0.717, 1.165) is 10.9 Å². The highest BCUT2D eigenvalue weighted by Crippen LogP contribution is 2.23. The highest BCUT2D eigenvalue weighted by atomic mass is 19.3. The standard InChI is InChI=1S/C12H13F2N5O2/c13-10(14)11-16-15-8-3-4-9(17-19(8)11)18-5-1-2-7(6-18)12(20)21/h3-4,7,10H,1-2,5-6H2,(H,20,21). The van der Waals surface area contributed by atoms with Crippen molar-refractivity contribution >= 4 is 17.4 Å². The van der Waals surface area contributed by atoms with E-state index < -0.39 is 24.1 Å². The van der Waals surface area contributed by atoms with Gasteiger partial charge in [-0.05, 0) is 25.0 Å². The Balaban J connectivity index is 1.93. The molecular weight excluding hydrogens is 284 g/mol. The molecule has 9 heteroatoms. The minimum Gasteiger partial charge on any atom is -0.481 e. The van der Waals surface area contributed by atoms with Crippen molar-refractivity contribution in [2.45, 2.75) is 19.3 Å². The second-order valence-corrected chi connectivity index (χ2v) is 4.94. The maximum Gasteiger partial charge on any atom is 0.308 e. The molecule has 21 heavy (non-hydrogen) atoms. The number of alkyl halides is 2. The zero-order valence-corrected chi connectivity index (χ0v) is 11.0. The van der Waals surface area contributed by atoms with Gasteiger partial charge in [-0.3, -0.25) is 4.79 Å². The van der Waals surface area contributed by atoms with Crippen LogP contribution in [0.25, 0.3) is 5.65 Å². The fourth-order valence-electron chi connectivity index (χ4n) is 2.49. The fraction of sp³-hybridized carbons (Fsp3) is 0.500. The molecule has 2 aromatic rings. The molecule has 1 fully saturated rings. The molecule has 0 bridgehead atoms. The Labute approximate surface area is 118 Å². The molecule has 1 saturated heterocycles. The largest absolute Gasteiger partial charge is 0.481 e. The fourth-order valence-corrected chi connectivity index (χ4v) is 2.49. The van der Waals surface area contributed by atoms with Gasteiger partial charge in [-0.25, -0.2) is 8.78 Å². The van der Waals surface area contributed by atoms with Crippen LogP contribution in [-0.2, 0) is 4.79 Å². The predicted octanol–water partition coefficient (Wildman–Crippen LogP) is 1.36. The molecule has 3 heterocycles. The van der Waals surface area contributed by atoms with Gasteiger partial charge in [-0.1, -0.05) is 0 Å². The van der Waals surface area contributed by atoms with Crippen molar-refractivity contribution in [1.82, 2.24) is 19.8 Å². The van der Waals surface area contributed by atoms with Crippen molar-refractivity contribution in [1.29, 1.82) is 0 Å². The predicted molar refractivity (Wildman–Crippen MR) is 68.3 cm³/mol. The van der Waals surface area contributed by atoms with Gasteiger partial charge in [0.25, 0.3) is 6.43 Å². The quantitative estimate of drug-likeness (QED) is 0.921. The first-order valence-corrected chi connectivity index (χ1v) is 6.54. The summed E-state index contributed by atoms with van der Waals surface area (Å²) in [7, 11) is 0. The van der Waals surface area contributed by atoms with Crippen LogP contribution in [0.1, 0.15) is 25.1 Å². The number of carboxylic acid groups (broad SMARTS) is 1.